The van der Waals surface area contributed by atoms with Crippen molar-refractivity contribution in [3.05, 3.63) is 101 Å². The third-order valence-corrected chi connectivity index (χ3v) is 4.86. The first-order valence-corrected chi connectivity index (χ1v) is 9.59. The van der Waals surface area contributed by atoms with Gasteiger partial charge in [0.25, 0.3) is 11.8 Å². The minimum atomic E-state index is -0.570. The summed E-state index contributed by atoms with van der Waals surface area (Å²) >= 11 is 0. The van der Waals surface area contributed by atoms with Crippen molar-refractivity contribution in [2.24, 2.45) is 4.99 Å². The van der Waals surface area contributed by atoms with Gasteiger partial charge in [0.1, 0.15) is 23.2 Å². The largest absolute Gasteiger partial charge is 0.467 e. The summed E-state index contributed by atoms with van der Waals surface area (Å²) in [6.07, 6.45) is 1.51. The second kappa shape index (κ2) is 8.51. The van der Waals surface area contributed by atoms with E-state index in [9.17, 15) is 14.9 Å². The van der Waals surface area contributed by atoms with Crippen LogP contribution in [0.2, 0.25) is 0 Å². The summed E-state index contributed by atoms with van der Waals surface area (Å²) in [5, 5.41) is 15.2. The van der Waals surface area contributed by atoms with Gasteiger partial charge in [0.2, 0.25) is 0 Å². The minimum absolute atomic E-state index is 0.140. The number of furan rings is 1. The average Bonchev–Trinajstić information content (AvgIpc) is 3.42. The highest BCUT2D eigenvalue weighted by Gasteiger charge is 2.27. The maximum absolute atomic E-state index is 12.8. The molecule has 2 heterocycles. The van der Waals surface area contributed by atoms with E-state index < -0.39 is 5.91 Å². The Hall–Kier alpha value is -4.44. The smallest absolute Gasteiger partial charge is 0.264 e. The Balaban J connectivity index is 1.66. The SMILES string of the molecule is Cc1ccccc1C(=O)NC1=NC(=C(C#N)C(=O)NCc2ccco2)c2ccccc21. The molecular formula is C24H18N4O3. The predicted molar refractivity (Wildman–Crippen MR) is 115 cm³/mol. The second-order valence-electron chi connectivity index (χ2n) is 6.87. The molecule has 3 aromatic rings. The molecule has 7 heteroatoms. The standard InChI is InChI=1S/C24H18N4O3/c1-15-7-2-3-9-17(15)24(30)28-22-19-11-5-4-10-18(19)21(27-22)20(13-25)23(29)26-14-16-8-6-12-31-16/h2-12H,14H2,1H3,(H,26,29)(H,27,28,30). The van der Waals surface area contributed by atoms with Gasteiger partial charge in [0.05, 0.1) is 18.5 Å². The minimum Gasteiger partial charge on any atom is -0.467 e. The van der Waals surface area contributed by atoms with Crippen LogP contribution in [0, 0.1) is 18.3 Å². The van der Waals surface area contributed by atoms with Crippen LogP contribution < -0.4 is 10.6 Å². The third-order valence-electron chi connectivity index (χ3n) is 4.86. The number of aryl methyl sites for hydroxylation is 1. The molecule has 4 rings (SSSR count). The Kier molecular flexibility index (Phi) is 5.45. The lowest BCUT2D eigenvalue weighted by atomic mass is 10.0. The maximum Gasteiger partial charge on any atom is 0.264 e. The van der Waals surface area contributed by atoms with Crippen LogP contribution in [0.5, 0.6) is 0 Å². The molecule has 0 saturated carbocycles. The highest BCUT2D eigenvalue weighted by Crippen LogP contribution is 2.30. The van der Waals surface area contributed by atoms with Crippen molar-refractivity contribution in [3.8, 4) is 6.07 Å². The van der Waals surface area contributed by atoms with E-state index in [2.05, 4.69) is 15.6 Å². The van der Waals surface area contributed by atoms with Crippen molar-refractivity contribution in [3.63, 3.8) is 0 Å². The quantitative estimate of drug-likeness (QED) is 0.508. The van der Waals surface area contributed by atoms with Gasteiger partial charge in [-0.2, -0.15) is 5.26 Å². The van der Waals surface area contributed by atoms with Crippen LogP contribution in [0.15, 0.2) is 81.9 Å². The summed E-state index contributed by atoms with van der Waals surface area (Å²) in [5.41, 5.74) is 2.68. The molecule has 1 aliphatic rings. The number of benzene rings is 2. The van der Waals surface area contributed by atoms with E-state index in [1.54, 1.807) is 48.5 Å². The fourth-order valence-electron chi connectivity index (χ4n) is 3.30. The number of hydrogen-bond acceptors (Lipinski definition) is 5. The maximum atomic E-state index is 12.8. The van der Waals surface area contributed by atoms with E-state index in [1.807, 2.05) is 25.1 Å². The number of nitriles is 1. The summed E-state index contributed by atoms with van der Waals surface area (Å²) in [4.78, 5) is 29.9. The van der Waals surface area contributed by atoms with Crippen LogP contribution in [0.4, 0.5) is 0 Å². The Labute approximate surface area is 178 Å². The van der Waals surface area contributed by atoms with Crippen LogP contribution in [0.25, 0.3) is 5.70 Å². The lowest BCUT2D eigenvalue weighted by molar-refractivity contribution is -0.117. The molecule has 2 amide bonds. The van der Waals surface area contributed by atoms with Crippen LogP contribution in [-0.2, 0) is 11.3 Å². The molecule has 0 unspecified atom stereocenters. The summed E-state index contributed by atoms with van der Waals surface area (Å²) in [6, 6.07) is 19.7. The monoisotopic (exact) mass is 410 g/mol. The second-order valence-corrected chi connectivity index (χ2v) is 6.87. The highest BCUT2D eigenvalue weighted by atomic mass is 16.3. The van der Waals surface area contributed by atoms with E-state index in [0.29, 0.717) is 28.3 Å². The number of carbonyl (C=O) groups is 2. The number of nitrogens with one attached hydrogen (secondary N) is 2. The van der Waals surface area contributed by atoms with Gasteiger partial charge in [0.15, 0.2) is 0 Å². The van der Waals surface area contributed by atoms with E-state index in [4.69, 9.17) is 4.42 Å². The molecule has 0 bridgehead atoms. The number of fused-ring (bicyclic) bond motifs is 1. The summed E-state index contributed by atoms with van der Waals surface area (Å²) < 4.78 is 5.20. The average molecular weight is 410 g/mol. The molecule has 2 aromatic carbocycles. The zero-order chi connectivity index (χ0) is 21.8. The Morgan fingerprint density at radius 2 is 1.77 bits per heavy atom. The van der Waals surface area contributed by atoms with Crippen LogP contribution >= 0.6 is 0 Å². The number of carbonyl (C=O) groups excluding carboxylic acids is 2. The van der Waals surface area contributed by atoms with Crippen LogP contribution in [0.3, 0.4) is 0 Å². The van der Waals surface area contributed by atoms with Gasteiger partial charge >= 0.3 is 0 Å². The first-order valence-electron chi connectivity index (χ1n) is 9.59. The molecule has 1 aliphatic heterocycles. The van der Waals surface area contributed by atoms with E-state index in [1.165, 1.54) is 6.26 Å². The predicted octanol–water partition coefficient (Wildman–Crippen LogP) is 3.33. The molecule has 0 saturated heterocycles. The van der Waals surface area contributed by atoms with Crippen molar-refractivity contribution in [2.75, 3.05) is 0 Å². The van der Waals surface area contributed by atoms with Crippen LogP contribution in [0.1, 0.15) is 32.8 Å². The molecule has 2 N–H and O–H groups in total. The lowest BCUT2D eigenvalue weighted by Crippen LogP contribution is -2.30. The molecule has 0 radical (unpaired) electrons. The van der Waals surface area contributed by atoms with Gasteiger partial charge in [-0.1, -0.05) is 42.5 Å². The fraction of sp³-hybridized carbons (Fsp3) is 0.0833. The van der Waals surface area contributed by atoms with Crippen LogP contribution in [-0.4, -0.2) is 17.6 Å². The molecule has 0 atom stereocenters. The first-order chi connectivity index (χ1) is 15.1. The molecule has 152 valence electrons. The molecule has 7 nitrogen and oxygen atoms in total. The normalized spacial score (nSPS) is 13.6. The van der Waals surface area contributed by atoms with E-state index >= 15 is 0 Å². The van der Waals surface area contributed by atoms with Crippen molar-refractivity contribution < 1.29 is 14.0 Å². The molecule has 0 spiro atoms. The van der Waals surface area contributed by atoms with Gasteiger partial charge in [-0.15, -0.1) is 0 Å². The molecule has 0 fully saturated rings. The first kappa shape index (κ1) is 19.9. The highest BCUT2D eigenvalue weighted by molar-refractivity contribution is 6.20. The van der Waals surface area contributed by atoms with E-state index in [-0.39, 0.29) is 23.7 Å². The van der Waals surface area contributed by atoms with Crippen molar-refractivity contribution in [2.45, 2.75) is 13.5 Å². The summed E-state index contributed by atoms with van der Waals surface area (Å²) in [6.45, 7) is 1.99. The number of rotatable bonds is 4. The summed E-state index contributed by atoms with van der Waals surface area (Å²) in [5.74, 6) is -0.0183. The zero-order valence-electron chi connectivity index (χ0n) is 16.7. The van der Waals surface area contributed by atoms with Crippen molar-refractivity contribution >= 4 is 23.3 Å². The molecular weight excluding hydrogens is 392 g/mol. The Morgan fingerprint density at radius 1 is 1.03 bits per heavy atom. The third kappa shape index (κ3) is 4.00. The Bertz CT molecular complexity index is 1260. The fourth-order valence-corrected chi connectivity index (χ4v) is 3.30. The summed E-state index contributed by atoms with van der Waals surface area (Å²) in [7, 11) is 0. The van der Waals surface area contributed by atoms with Gasteiger partial charge in [0, 0.05) is 16.7 Å². The molecule has 0 aliphatic carbocycles. The lowest BCUT2D eigenvalue weighted by Gasteiger charge is -2.08. The van der Waals surface area contributed by atoms with Gasteiger partial charge in [-0.3, -0.25) is 9.59 Å². The molecule has 31 heavy (non-hydrogen) atoms. The molecule has 1 aromatic heterocycles. The van der Waals surface area contributed by atoms with Crippen molar-refractivity contribution in [1.29, 1.82) is 5.26 Å². The number of aliphatic imine (C=N–C) groups is 1. The number of hydrogen-bond donors (Lipinski definition) is 2. The van der Waals surface area contributed by atoms with E-state index in [0.717, 1.165) is 5.56 Å². The zero-order valence-corrected chi connectivity index (χ0v) is 16.7. The number of amides is 2. The van der Waals surface area contributed by atoms with Gasteiger partial charge in [-0.05, 0) is 30.7 Å². The van der Waals surface area contributed by atoms with Gasteiger partial charge in [-0.25, -0.2) is 4.99 Å². The Morgan fingerprint density at radius 3 is 2.48 bits per heavy atom. The number of amidine groups is 1. The topological polar surface area (TPSA) is 107 Å². The number of nitrogens with zero attached hydrogens (tertiary/aromatic N) is 2. The van der Waals surface area contributed by atoms with Gasteiger partial charge < -0.3 is 15.1 Å². The van der Waals surface area contributed by atoms with Crippen molar-refractivity contribution in [1.82, 2.24) is 10.6 Å².